The average molecular weight is 254 g/mol. The Kier molecular flexibility index (Phi) is 4.72. The van der Waals surface area contributed by atoms with Gasteiger partial charge >= 0.3 is 5.97 Å². The summed E-state index contributed by atoms with van der Waals surface area (Å²) in [6.07, 6.45) is 0.698. The lowest BCUT2D eigenvalue weighted by molar-refractivity contribution is -0.243. The largest absolute Gasteiger partial charge is 0.872 e. The summed E-state index contributed by atoms with van der Waals surface area (Å²) in [6, 6.07) is 6.10. The van der Waals surface area contributed by atoms with Gasteiger partial charge in [-0.3, -0.25) is 4.79 Å². The predicted molar refractivity (Wildman–Crippen MR) is 61.1 cm³/mol. The molecule has 1 aromatic carbocycles. The molecule has 0 aliphatic rings. The molecule has 1 rings (SSSR count). The van der Waals surface area contributed by atoms with Crippen LogP contribution in [-0.4, -0.2) is 18.4 Å². The maximum absolute atomic E-state index is 11.6. The first-order valence-corrected chi connectivity index (χ1v) is 5.28. The summed E-state index contributed by atoms with van der Waals surface area (Å²) in [5.41, 5.74) is 0.246. The quantitative estimate of drug-likeness (QED) is 0.350. The van der Waals surface area contributed by atoms with Crippen LogP contribution in [0.3, 0.4) is 0 Å². The Labute approximate surface area is 103 Å². The molecule has 0 bridgehead atoms. The topological polar surface area (TPSA) is 66.4 Å². The van der Waals surface area contributed by atoms with E-state index in [0.29, 0.717) is 11.1 Å². The van der Waals surface area contributed by atoms with Crippen molar-refractivity contribution >= 4 is 29.1 Å². The van der Waals surface area contributed by atoms with Crippen LogP contribution in [0.2, 0.25) is 5.02 Å². The van der Waals surface area contributed by atoms with E-state index in [9.17, 15) is 14.7 Å². The summed E-state index contributed by atoms with van der Waals surface area (Å²) >= 11 is 5.70. The number of esters is 1. The highest BCUT2D eigenvalue weighted by Crippen LogP contribution is 2.14. The van der Waals surface area contributed by atoms with Gasteiger partial charge in [0.2, 0.25) is 0 Å². The van der Waals surface area contributed by atoms with Crippen LogP contribution >= 0.6 is 11.6 Å². The zero-order chi connectivity index (χ0) is 12.8. The molecule has 0 radical (unpaired) electrons. The van der Waals surface area contributed by atoms with E-state index in [0.717, 1.165) is 0 Å². The van der Waals surface area contributed by atoms with E-state index >= 15 is 0 Å². The third-order valence-corrected chi connectivity index (χ3v) is 2.08. The van der Waals surface area contributed by atoms with Crippen LogP contribution in [0.5, 0.6) is 0 Å². The number of carbonyl (C=O) groups is 2. The van der Waals surface area contributed by atoms with Gasteiger partial charge in [0.1, 0.15) is 0 Å². The SMILES string of the molecule is CCOC(=O)C(=O)/C=C(\[O-])c1cccc(Cl)c1. The van der Waals surface area contributed by atoms with Gasteiger partial charge in [-0.2, -0.15) is 0 Å². The van der Waals surface area contributed by atoms with Crippen LogP contribution < -0.4 is 5.11 Å². The van der Waals surface area contributed by atoms with E-state index in [4.69, 9.17) is 11.6 Å². The maximum atomic E-state index is 11.6. The summed E-state index contributed by atoms with van der Waals surface area (Å²) < 4.78 is 4.47. The van der Waals surface area contributed by atoms with Crippen molar-refractivity contribution in [3.63, 3.8) is 0 Å². The molecule has 4 nitrogen and oxygen atoms in total. The standard InChI is InChI=1S/C12H11ClO4/c1-2-17-12(16)11(15)7-10(14)8-4-3-5-9(13)6-8/h3-7,14H,2H2,1H3/p-1/b10-7-. The molecule has 0 spiro atoms. The van der Waals surface area contributed by atoms with Crippen molar-refractivity contribution in [2.24, 2.45) is 0 Å². The Morgan fingerprint density at radius 3 is 2.76 bits per heavy atom. The first kappa shape index (κ1) is 13.3. The lowest BCUT2D eigenvalue weighted by atomic mass is 10.1. The molecule has 0 saturated heterocycles. The monoisotopic (exact) mass is 253 g/mol. The fraction of sp³-hybridized carbons (Fsp3) is 0.167. The molecule has 1 aromatic rings. The molecule has 0 fully saturated rings. The lowest BCUT2D eigenvalue weighted by Crippen LogP contribution is -2.17. The highest BCUT2D eigenvalue weighted by molar-refractivity contribution is 6.39. The molecule has 0 aliphatic heterocycles. The number of ether oxygens (including phenoxy) is 1. The predicted octanol–water partition coefficient (Wildman–Crippen LogP) is 1.17. The second kappa shape index (κ2) is 6.06. The summed E-state index contributed by atoms with van der Waals surface area (Å²) in [5, 5.41) is 12.0. The van der Waals surface area contributed by atoms with Crippen LogP contribution in [0.25, 0.3) is 5.76 Å². The number of benzene rings is 1. The zero-order valence-corrected chi connectivity index (χ0v) is 9.86. The minimum Gasteiger partial charge on any atom is -0.872 e. The van der Waals surface area contributed by atoms with Gasteiger partial charge in [-0.1, -0.05) is 29.5 Å². The van der Waals surface area contributed by atoms with E-state index in [-0.39, 0.29) is 12.2 Å². The van der Waals surface area contributed by atoms with E-state index in [1.807, 2.05) is 0 Å². The van der Waals surface area contributed by atoms with Gasteiger partial charge in [0, 0.05) is 5.02 Å². The molecule has 0 aromatic heterocycles. The summed E-state index contributed by atoms with van der Waals surface area (Å²) in [6.45, 7) is 1.66. The van der Waals surface area contributed by atoms with Crippen LogP contribution in [0.15, 0.2) is 30.3 Å². The van der Waals surface area contributed by atoms with Gasteiger partial charge in [0.25, 0.3) is 5.78 Å². The molecular weight excluding hydrogens is 244 g/mol. The molecule has 0 heterocycles. The van der Waals surface area contributed by atoms with Crippen molar-refractivity contribution in [3.05, 3.63) is 40.9 Å². The molecule has 0 amide bonds. The zero-order valence-electron chi connectivity index (χ0n) is 9.10. The van der Waals surface area contributed by atoms with Gasteiger partial charge in [-0.25, -0.2) is 4.79 Å². The molecule has 0 unspecified atom stereocenters. The fourth-order valence-corrected chi connectivity index (χ4v) is 1.30. The van der Waals surface area contributed by atoms with Gasteiger partial charge in [0.05, 0.1) is 6.61 Å². The van der Waals surface area contributed by atoms with E-state index in [1.165, 1.54) is 12.1 Å². The number of halogens is 1. The van der Waals surface area contributed by atoms with Crippen LogP contribution in [0.1, 0.15) is 12.5 Å². The van der Waals surface area contributed by atoms with Crippen molar-refractivity contribution in [3.8, 4) is 0 Å². The van der Waals surface area contributed by atoms with Crippen molar-refractivity contribution in [2.75, 3.05) is 6.61 Å². The highest BCUT2D eigenvalue weighted by atomic mass is 35.5. The Hall–Kier alpha value is -1.81. The van der Waals surface area contributed by atoms with Crippen molar-refractivity contribution in [2.45, 2.75) is 6.92 Å². The van der Waals surface area contributed by atoms with Gasteiger partial charge in [-0.05, 0) is 30.7 Å². The van der Waals surface area contributed by atoms with Gasteiger partial charge < -0.3 is 9.84 Å². The Bertz CT molecular complexity index is 465. The van der Waals surface area contributed by atoms with E-state index in [2.05, 4.69) is 4.74 Å². The van der Waals surface area contributed by atoms with Crippen LogP contribution in [0, 0.1) is 0 Å². The smallest absolute Gasteiger partial charge is 0.378 e. The molecule has 0 aliphatic carbocycles. The van der Waals surface area contributed by atoms with Crippen LogP contribution in [0.4, 0.5) is 0 Å². The van der Waals surface area contributed by atoms with E-state index in [1.54, 1.807) is 19.1 Å². The first-order chi connectivity index (χ1) is 8.04. The molecule has 17 heavy (non-hydrogen) atoms. The van der Waals surface area contributed by atoms with Gasteiger partial charge in [-0.15, -0.1) is 0 Å². The molecule has 0 N–H and O–H groups in total. The average Bonchev–Trinajstić information content (AvgIpc) is 2.29. The number of carbonyl (C=O) groups excluding carboxylic acids is 2. The first-order valence-electron chi connectivity index (χ1n) is 4.90. The number of ketones is 1. The maximum Gasteiger partial charge on any atom is 0.378 e. The second-order valence-corrected chi connectivity index (χ2v) is 3.54. The summed E-state index contributed by atoms with van der Waals surface area (Å²) in [7, 11) is 0. The van der Waals surface area contributed by atoms with Gasteiger partial charge in [0.15, 0.2) is 0 Å². The number of hydrogen-bond acceptors (Lipinski definition) is 4. The normalized spacial score (nSPS) is 11.1. The molecule has 0 atom stereocenters. The Morgan fingerprint density at radius 1 is 1.47 bits per heavy atom. The Morgan fingerprint density at radius 2 is 2.18 bits per heavy atom. The second-order valence-electron chi connectivity index (χ2n) is 3.10. The van der Waals surface area contributed by atoms with Crippen molar-refractivity contribution < 1.29 is 19.4 Å². The summed E-state index contributed by atoms with van der Waals surface area (Å²) in [5.74, 6) is -2.59. The molecule has 90 valence electrons. The molecule has 5 heteroatoms. The minimum atomic E-state index is -1.04. The van der Waals surface area contributed by atoms with Crippen LogP contribution in [-0.2, 0) is 14.3 Å². The van der Waals surface area contributed by atoms with E-state index < -0.39 is 17.5 Å². The highest BCUT2D eigenvalue weighted by Gasteiger charge is 2.10. The summed E-state index contributed by atoms with van der Waals surface area (Å²) in [4.78, 5) is 22.2. The molecule has 0 saturated carbocycles. The minimum absolute atomic E-state index is 0.0871. The third-order valence-electron chi connectivity index (χ3n) is 1.85. The van der Waals surface area contributed by atoms with Crippen molar-refractivity contribution in [1.29, 1.82) is 0 Å². The number of hydrogen-bond donors (Lipinski definition) is 0. The fourth-order valence-electron chi connectivity index (χ4n) is 1.11. The number of rotatable bonds is 4. The lowest BCUT2D eigenvalue weighted by Gasteiger charge is -2.11. The Balaban J connectivity index is 2.86. The molecular formula is C12H10ClO4-. The van der Waals surface area contributed by atoms with Crippen molar-refractivity contribution in [1.82, 2.24) is 0 Å². The third kappa shape index (κ3) is 3.92.